The van der Waals surface area contributed by atoms with E-state index in [1.807, 2.05) is 24.2 Å². The summed E-state index contributed by atoms with van der Waals surface area (Å²) in [7, 11) is 1.96. The first-order chi connectivity index (χ1) is 4.84. The summed E-state index contributed by atoms with van der Waals surface area (Å²) >= 11 is 0. The molecule has 10 heavy (non-hydrogen) atoms. The van der Waals surface area contributed by atoms with Crippen LogP contribution in [0.25, 0.3) is 0 Å². The molecule has 1 heterocycles. The van der Waals surface area contributed by atoms with Crippen LogP contribution in [-0.2, 0) is 0 Å². The molecule has 0 amide bonds. The van der Waals surface area contributed by atoms with E-state index in [0.29, 0.717) is 0 Å². The molecule has 0 spiro atoms. The topological polar surface area (TPSA) is 27.0 Å². The summed E-state index contributed by atoms with van der Waals surface area (Å²) in [5.41, 5.74) is 1.10. The summed E-state index contributed by atoms with van der Waals surface area (Å²) in [5.74, 6) is 0. The van der Waals surface area contributed by atoms with Crippen molar-refractivity contribution in [2.45, 2.75) is 12.8 Å². The van der Waals surface area contributed by atoms with Crippen LogP contribution in [-0.4, -0.2) is 11.9 Å². The molecule has 0 atom stereocenters. The number of nitrogens with zero attached hydrogens (tertiary/aromatic N) is 2. The lowest BCUT2D eigenvalue weighted by Gasteiger charge is -2.20. The minimum Gasteiger partial charge on any atom is -0.354 e. The van der Waals surface area contributed by atoms with Gasteiger partial charge in [0, 0.05) is 18.8 Å². The molecule has 0 N–H and O–H groups in total. The predicted octanol–water partition coefficient (Wildman–Crippen LogP) is 1.63. The summed E-state index contributed by atoms with van der Waals surface area (Å²) in [6, 6.07) is 2.03. The molecule has 0 aliphatic carbocycles. The van der Waals surface area contributed by atoms with Crippen molar-refractivity contribution < 1.29 is 0 Å². The fourth-order valence-electron chi connectivity index (χ4n) is 0.984. The first kappa shape index (κ1) is 6.88. The molecular formula is C8H10N2. The molecule has 1 aliphatic rings. The van der Waals surface area contributed by atoms with Gasteiger partial charge in [-0.1, -0.05) is 6.08 Å². The van der Waals surface area contributed by atoms with E-state index in [1.54, 1.807) is 6.08 Å². The van der Waals surface area contributed by atoms with Crippen LogP contribution in [0.15, 0.2) is 24.0 Å². The van der Waals surface area contributed by atoms with E-state index in [2.05, 4.69) is 6.08 Å². The largest absolute Gasteiger partial charge is 0.354 e. The van der Waals surface area contributed by atoms with Crippen LogP contribution in [0.2, 0.25) is 0 Å². The van der Waals surface area contributed by atoms with Crippen LogP contribution < -0.4 is 0 Å². The Hall–Kier alpha value is -1.23. The molecule has 0 radical (unpaired) electrons. The Bertz CT molecular complexity index is 208. The monoisotopic (exact) mass is 134 g/mol. The van der Waals surface area contributed by atoms with Gasteiger partial charge in [-0.2, -0.15) is 5.26 Å². The quantitative estimate of drug-likeness (QED) is 0.471. The van der Waals surface area contributed by atoms with Gasteiger partial charge in [0.2, 0.25) is 0 Å². The highest BCUT2D eigenvalue weighted by atomic mass is 15.1. The summed E-state index contributed by atoms with van der Waals surface area (Å²) in [6.45, 7) is 0. The average Bonchev–Trinajstić information content (AvgIpc) is 1.94. The van der Waals surface area contributed by atoms with Crippen molar-refractivity contribution in [3.05, 3.63) is 24.0 Å². The van der Waals surface area contributed by atoms with Crippen molar-refractivity contribution in [1.82, 2.24) is 4.90 Å². The number of hydrogen-bond acceptors (Lipinski definition) is 2. The van der Waals surface area contributed by atoms with Gasteiger partial charge < -0.3 is 4.90 Å². The lowest BCUT2D eigenvalue weighted by atomic mass is 10.1. The standard InChI is InChI=1S/C8H10N2/c1-10-7-3-2-4-8(10)5-6-9/h3,5,7H,2,4H2,1H3. The van der Waals surface area contributed by atoms with Crippen molar-refractivity contribution in [1.29, 1.82) is 5.26 Å². The van der Waals surface area contributed by atoms with Crippen molar-refractivity contribution >= 4 is 0 Å². The Morgan fingerprint density at radius 2 is 2.60 bits per heavy atom. The highest BCUT2D eigenvalue weighted by Gasteiger charge is 2.03. The van der Waals surface area contributed by atoms with Crippen LogP contribution in [0.4, 0.5) is 0 Å². The molecule has 52 valence electrons. The highest BCUT2D eigenvalue weighted by Crippen LogP contribution is 2.15. The fraction of sp³-hybridized carbons (Fsp3) is 0.375. The predicted molar refractivity (Wildman–Crippen MR) is 39.8 cm³/mol. The zero-order valence-electron chi connectivity index (χ0n) is 6.04. The second-order valence-electron chi connectivity index (χ2n) is 2.30. The van der Waals surface area contributed by atoms with Crippen LogP contribution in [0.3, 0.4) is 0 Å². The maximum atomic E-state index is 8.36. The second kappa shape index (κ2) is 3.07. The fourth-order valence-corrected chi connectivity index (χ4v) is 0.984. The third kappa shape index (κ3) is 1.38. The van der Waals surface area contributed by atoms with Gasteiger partial charge in [-0.25, -0.2) is 0 Å². The third-order valence-electron chi connectivity index (χ3n) is 1.58. The van der Waals surface area contributed by atoms with Crippen LogP contribution in [0.5, 0.6) is 0 Å². The molecule has 0 aromatic carbocycles. The Morgan fingerprint density at radius 3 is 3.20 bits per heavy atom. The van der Waals surface area contributed by atoms with Crippen LogP contribution >= 0.6 is 0 Å². The summed E-state index contributed by atoms with van der Waals surface area (Å²) in [4.78, 5) is 1.98. The Kier molecular flexibility index (Phi) is 2.11. The number of nitriles is 1. The zero-order valence-corrected chi connectivity index (χ0v) is 6.04. The lowest BCUT2D eigenvalue weighted by Crippen LogP contribution is -2.12. The normalized spacial score (nSPS) is 21.2. The third-order valence-corrected chi connectivity index (χ3v) is 1.58. The van der Waals surface area contributed by atoms with E-state index in [9.17, 15) is 0 Å². The lowest BCUT2D eigenvalue weighted by molar-refractivity contribution is 0.517. The van der Waals surface area contributed by atoms with Gasteiger partial charge in [-0.3, -0.25) is 0 Å². The van der Waals surface area contributed by atoms with E-state index in [-0.39, 0.29) is 0 Å². The summed E-state index contributed by atoms with van der Waals surface area (Å²) in [5, 5.41) is 8.36. The number of hydrogen-bond donors (Lipinski definition) is 0. The van der Waals surface area contributed by atoms with Gasteiger partial charge in [-0.05, 0) is 19.0 Å². The molecule has 0 fully saturated rings. The molecule has 2 nitrogen and oxygen atoms in total. The molecule has 1 rings (SSSR count). The Labute approximate surface area is 61.1 Å². The maximum Gasteiger partial charge on any atom is 0.0930 e. The van der Waals surface area contributed by atoms with Gasteiger partial charge in [-0.15, -0.1) is 0 Å². The summed E-state index contributed by atoms with van der Waals surface area (Å²) in [6.07, 6.45) is 7.74. The second-order valence-corrected chi connectivity index (χ2v) is 2.30. The van der Waals surface area contributed by atoms with Gasteiger partial charge >= 0.3 is 0 Å². The Morgan fingerprint density at radius 1 is 1.80 bits per heavy atom. The van der Waals surface area contributed by atoms with Gasteiger partial charge in [0.15, 0.2) is 0 Å². The summed E-state index contributed by atoms with van der Waals surface area (Å²) < 4.78 is 0. The molecular weight excluding hydrogens is 124 g/mol. The van der Waals surface area contributed by atoms with E-state index < -0.39 is 0 Å². The molecule has 2 heteroatoms. The van der Waals surface area contributed by atoms with E-state index >= 15 is 0 Å². The van der Waals surface area contributed by atoms with Gasteiger partial charge in [0.25, 0.3) is 0 Å². The molecule has 0 saturated heterocycles. The Balaban J connectivity index is 2.72. The van der Waals surface area contributed by atoms with Crippen molar-refractivity contribution in [3.63, 3.8) is 0 Å². The highest BCUT2D eigenvalue weighted by molar-refractivity contribution is 5.17. The molecule has 1 aliphatic heterocycles. The van der Waals surface area contributed by atoms with Crippen molar-refractivity contribution in [2.75, 3.05) is 7.05 Å². The van der Waals surface area contributed by atoms with E-state index in [0.717, 1.165) is 18.5 Å². The number of allylic oxidation sites excluding steroid dienone is 3. The van der Waals surface area contributed by atoms with Gasteiger partial charge in [0.05, 0.1) is 6.07 Å². The van der Waals surface area contributed by atoms with Crippen LogP contribution in [0, 0.1) is 11.3 Å². The SMILES string of the molecule is CN1C=CCCC1=CC#N. The van der Waals surface area contributed by atoms with E-state index in [4.69, 9.17) is 5.26 Å². The zero-order chi connectivity index (χ0) is 7.40. The van der Waals surface area contributed by atoms with Crippen molar-refractivity contribution in [3.8, 4) is 6.07 Å². The molecule has 0 aromatic rings. The minimum atomic E-state index is 0.987. The van der Waals surface area contributed by atoms with Gasteiger partial charge in [0.1, 0.15) is 0 Å². The average molecular weight is 134 g/mol. The first-order valence-corrected chi connectivity index (χ1v) is 3.33. The molecule has 0 bridgehead atoms. The van der Waals surface area contributed by atoms with E-state index in [1.165, 1.54) is 0 Å². The first-order valence-electron chi connectivity index (χ1n) is 3.33. The molecule has 0 unspecified atom stereocenters. The number of rotatable bonds is 0. The smallest absolute Gasteiger partial charge is 0.0930 e. The van der Waals surface area contributed by atoms with Crippen LogP contribution in [0.1, 0.15) is 12.8 Å². The minimum absolute atomic E-state index is 0.987. The van der Waals surface area contributed by atoms with Crippen molar-refractivity contribution in [2.24, 2.45) is 0 Å². The molecule has 0 aromatic heterocycles. The maximum absolute atomic E-state index is 8.36. The molecule has 0 saturated carbocycles.